The number of aromatic nitrogens is 1. The van der Waals surface area contributed by atoms with E-state index in [4.69, 9.17) is 5.11 Å². The molecule has 0 unspecified atom stereocenters. The number of nitrogens with one attached hydrogen (secondary N) is 1. The van der Waals surface area contributed by atoms with Crippen LogP contribution in [0.2, 0.25) is 0 Å². The highest BCUT2D eigenvalue weighted by molar-refractivity contribution is 5.67. The molecule has 0 fully saturated rings. The number of nitrogens with zero attached hydrogens (tertiary/aromatic N) is 1. The van der Waals surface area contributed by atoms with Crippen LogP contribution in [0.3, 0.4) is 0 Å². The Morgan fingerprint density at radius 2 is 1.94 bits per heavy atom. The van der Waals surface area contributed by atoms with E-state index in [0.29, 0.717) is 5.82 Å². The van der Waals surface area contributed by atoms with Crippen molar-refractivity contribution in [2.75, 3.05) is 12.0 Å². The number of hydrogen-bond acceptors (Lipinski definition) is 4. The van der Waals surface area contributed by atoms with Crippen molar-refractivity contribution in [3.05, 3.63) is 42.1 Å². The van der Waals surface area contributed by atoms with Crippen LogP contribution in [-0.4, -0.2) is 21.9 Å². The number of phenols is 1. The topological polar surface area (TPSA) is 65.4 Å². The summed E-state index contributed by atoms with van der Waals surface area (Å²) in [5.41, 5.74) is 2.82. The van der Waals surface area contributed by atoms with Crippen LogP contribution >= 0.6 is 0 Å². The zero-order valence-corrected chi connectivity index (χ0v) is 9.51. The monoisotopic (exact) mass is 230 g/mol. The Morgan fingerprint density at radius 3 is 2.65 bits per heavy atom. The Balaban J connectivity index is 2.38. The molecule has 0 saturated heterocycles. The molecular weight excluding hydrogens is 216 g/mol. The van der Waals surface area contributed by atoms with Crippen molar-refractivity contribution in [1.29, 1.82) is 0 Å². The Morgan fingerprint density at radius 1 is 1.18 bits per heavy atom. The average Bonchev–Trinajstić information content (AvgIpc) is 2.33. The zero-order valence-electron chi connectivity index (χ0n) is 9.51. The Labute approximate surface area is 99.6 Å². The lowest BCUT2D eigenvalue weighted by Crippen LogP contribution is -2.01. The Hall–Kier alpha value is -2.07. The van der Waals surface area contributed by atoms with Gasteiger partial charge in [-0.2, -0.15) is 0 Å². The first-order chi connectivity index (χ1) is 8.20. The molecule has 0 saturated carbocycles. The zero-order chi connectivity index (χ0) is 12.3. The minimum absolute atomic E-state index is 0.148. The van der Waals surface area contributed by atoms with Gasteiger partial charge in [0.2, 0.25) is 0 Å². The molecular formula is C13H14N2O2. The van der Waals surface area contributed by atoms with Gasteiger partial charge in [-0.05, 0) is 47.9 Å². The molecule has 88 valence electrons. The Bertz CT molecular complexity index is 527. The number of aliphatic hydroxyl groups is 1. The molecule has 0 aliphatic carbocycles. The van der Waals surface area contributed by atoms with E-state index in [1.807, 2.05) is 31.2 Å². The Kier molecular flexibility index (Phi) is 3.25. The largest absolute Gasteiger partial charge is 0.508 e. The van der Waals surface area contributed by atoms with E-state index < -0.39 is 0 Å². The van der Waals surface area contributed by atoms with Gasteiger partial charge in [-0.1, -0.05) is 6.07 Å². The van der Waals surface area contributed by atoms with Crippen LogP contribution in [0, 0.1) is 6.92 Å². The number of hydrogen-bond donors (Lipinski definition) is 3. The number of benzene rings is 1. The van der Waals surface area contributed by atoms with Gasteiger partial charge < -0.3 is 15.5 Å². The van der Waals surface area contributed by atoms with Crippen molar-refractivity contribution in [3.63, 3.8) is 0 Å². The third kappa shape index (κ3) is 2.54. The second-order valence-corrected chi connectivity index (χ2v) is 3.77. The second-order valence-electron chi connectivity index (χ2n) is 3.77. The second kappa shape index (κ2) is 4.84. The van der Waals surface area contributed by atoms with Crippen LogP contribution in [0.4, 0.5) is 5.82 Å². The van der Waals surface area contributed by atoms with Gasteiger partial charge in [0.25, 0.3) is 0 Å². The standard InChI is InChI=1S/C13H14N2O2/c1-9-6-10(2-3-12(9)17)11-4-5-14-13(7-11)15-8-16/h2-7,16-17H,8H2,1H3,(H,14,15). The molecule has 1 aromatic carbocycles. The predicted octanol–water partition coefficient (Wildman–Crippen LogP) is 2.12. The summed E-state index contributed by atoms with van der Waals surface area (Å²) < 4.78 is 0. The molecule has 0 aliphatic heterocycles. The normalized spacial score (nSPS) is 10.2. The van der Waals surface area contributed by atoms with Crippen LogP contribution in [0.25, 0.3) is 11.1 Å². The molecule has 0 radical (unpaired) electrons. The first kappa shape index (κ1) is 11.4. The van der Waals surface area contributed by atoms with E-state index in [1.54, 1.807) is 12.3 Å². The summed E-state index contributed by atoms with van der Waals surface area (Å²) in [7, 11) is 0. The average molecular weight is 230 g/mol. The van der Waals surface area contributed by atoms with Gasteiger partial charge in [0, 0.05) is 6.20 Å². The molecule has 1 heterocycles. The third-order valence-electron chi connectivity index (χ3n) is 2.55. The fraction of sp³-hybridized carbons (Fsp3) is 0.154. The molecule has 0 bridgehead atoms. The summed E-state index contributed by atoms with van der Waals surface area (Å²) in [6.07, 6.45) is 1.68. The fourth-order valence-electron chi connectivity index (χ4n) is 1.62. The third-order valence-corrected chi connectivity index (χ3v) is 2.55. The number of pyridine rings is 1. The van der Waals surface area contributed by atoms with Gasteiger partial charge in [-0.3, -0.25) is 0 Å². The van der Waals surface area contributed by atoms with Crippen molar-refractivity contribution >= 4 is 5.82 Å². The number of rotatable bonds is 3. The molecule has 0 atom stereocenters. The summed E-state index contributed by atoms with van der Waals surface area (Å²) in [6.45, 7) is 1.71. The molecule has 3 N–H and O–H groups in total. The maximum atomic E-state index is 9.47. The first-order valence-corrected chi connectivity index (χ1v) is 5.31. The number of anilines is 1. The minimum atomic E-state index is -0.148. The molecule has 17 heavy (non-hydrogen) atoms. The molecule has 0 amide bonds. The minimum Gasteiger partial charge on any atom is -0.508 e. The van der Waals surface area contributed by atoms with Crippen molar-refractivity contribution in [3.8, 4) is 16.9 Å². The van der Waals surface area contributed by atoms with Crippen molar-refractivity contribution in [2.24, 2.45) is 0 Å². The quantitative estimate of drug-likeness (QED) is 0.707. The van der Waals surface area contributed by atoms with Crippen molar-refractivity contribution < 1.29 is 10.2 Å². The van der Waals surface area contributed by atoms with E-state index >= 15 is 0 Å². The lowest BCUT2D eigenvalue weighted by atomic mass is 10.0. The number of aryl methyl sites for hydroxylation is 1. The van der Waals surface area contributed by atoms with E-state index in [-0.39, 0.29) is 12.5 Å². The number of aromatic hydroxyl groups is 1. The summed E-state index contributed by atoms with van der Waals surface area (Å²) in [5.74, 6) is 0.909. The van der Waals surface area contributed by atoms with E-state index in [1.165, 1.54) is 0 Å². The summed E-state index contributed by atoms with van der Waals surface area (Å²) >= 11 is 0. The van der Waals surface area contributed by atoms with E-state index in [2.05, 4.69) is 10.3 Å². The SMILES string of the molecule is Cc1cc(-c2ccnc(NCO)c2)ccc1O. The van der Waals surface area contributed by atoms with E-state index in [0.717, 1.165) is 16.7 Å². The van der Waals surface area contributed by atoms with Crippen LogP contribution in [0.15, 0.2) is 36.5 Å². The highest BCUT2D eigenvalue weighted by Crippen LogP contribution is 2.26. The highest BCUT2D eigenvalue weighted by atomic mass is 16.3. The number of aliphatic hydroxyl groups excluding tert-OH is 1. The highest BCUT2D eigenvalue weighted by Gasteiger charge is 2.02. The molecule has 0 spiro atoms. The fourth-order valence-corrected chi connectivity index (χ4v) is 1.62. The van der Waals surface area contributed by atoms with Crippen LogP contribution in [0.1, 0.15) is 5.56 Å². The maximum absolute atomic E-state index is 9.47. The van der Waals surface area contributed by atoms with Crippen LogP contribution < -0.4 is 5.32 Å². The van der Waals surface area contributed by atoms with Gasteiger partial charge in [0.1, 0.15) is 18.3 Å². The van der Waals surface area contributed by atoms with Crippen LogP contribution in [0.5, 0.6) is 5.75 Å². The summed E-state index contributed by atoms with van der Waals surface area (Å²) in [4.78, 5) is 4.07. The van der Waals surface area contributed by atoms with E-state index in [9.17, 15) is 5.11 Å². The molecule has 2 rings (SSSR count). The maximum Gasteiger partial charge on any atom is 0.128 e. The number of phenolic OH excluding ortho intramolecular Hbond substituents is 1. The smallest absolute Gasteiger partial charge is 0.128 e. The molecule has 2 aromatic rings. The van der Waals surface area contributed by atoms with Gasteiger partial charge in [0.05, 0.1) is 0 Å². The van der Waals surface area contributed by atoms with Gasteiger partial charge in [-0.15, -0.1) is 0 Å². The first-order valence-electron chi connectivity index (χ1n) is 5.31. The molecule has 4 nitrogen and oxygen atoms in total. The van der Waals surface area contributed by atoms with Gasteiger partial charge in [-0.25, -0.2) is 4.98 Å². The molecule has 0 aliphatic rings. The van der Waals surface area contributed by atoms with Crippen molar-refractivity contribution in [2.45, 2.75) is 6.92 Å². The summed E-state index contributed by atoms with van der Waals surface area (Å²) in [6, 6.07) is 9.16. The molecule has 4 heteroatoms. The van der Waals surface area contributed by atoms with Gasteiger partial charge >= 0.3 is 0 Å². The summed E-state index contributed by atoms with van der Waals surface area (Å²) in [5, 5.41) is 21.0. The molecule has 1 aromatic heterocycles. The van der Waals surface area contributed by atoms with Crippen molar-refractivity contribution in [1.82, 2.24) is 4.98 Å². The van der Waals surface area contributed by atoms with Gasteiger partial charge in [0.15, 0.2) is 0 Å². The van der Waals surface area contributed by atoms with Crippen LogP contribution in [-0.2, 0) is 0 Å². The predicted molar refractivity (Wildman–Crippen MR) is 66.8 cm³/mol. The lowest BCUT2D eigenvalue weighted by Gasteiger charge is -2.07. The lowest BCUT2D eigenvalue weighted by molar-refractivity contribution is 0.325.